The van der Waals surface area contributed by atoms with Gasteiger partial charge in [-0.3, -0.25) is 9.59 Å². The maximum absolute atomic E-state index is 14.2. The molecule has 1 N–H and O–H groups in total. The molecule has 1 aromatic carbocycles. The second-order valence-electron chi connectivity index (χ2n) is 14.9. The summed E-state index contributed by atoms with van der Waals surface area (Å²) in [6, 6.07) is 10.2. The van der Waals surface area contributed by atoms with Gasteiger partial charge in [-0.2, -0.15) is 0 Å². The first-order chi connectivity index (χ1) is 23.8. The number of likely N-dealkylation sites (tertiary alicyclic amines) is 1. The molecule has 12 heteroatoms. The number of anilines is 1. The second-order valence-corrected chi connectivity index (χ2v) is 16.4. The van der Waals surface area contributed by atoms with E-state index >= 15 is 0 Å². The molecule has 3 fully saturated rings. The lowest BCUT2D eigenvalue weighted by atomic mass is 9.98. The van der Waals surface area contributed by atoms with Crippen LogP contribution in [0.15, 0.2) is 59.5 Å². The van der Waals surface area contributed by atoms with Crippen LogP contribution >= 0.6 is 22.9 Å². The zero-order valence-electron chi connectivity index (χ0n) is 29.7. The highest BCUT2D eigenvalue weighted by atomic mass is 35.5. The molecular formula is C38H49ClN4O6S. The molecule has 50 heavy (non-hydrogen) atoms. The van der Waals surface area contributed by atoms with E-state index in [9.17, 15) is 14.4 Å². The number of nitrogens with zero attached hydrogens (tertiary/aromatic N) is 3. The third kappa shape index (κ3) is 8.73. The molecule has 3 saturated heterocycles. The Balaban J connectivity index is 1.08. The van der Waals surface area contributed by atoms with E-state index in [4.69, 9.17) is 25.8 Å². The van der Waals surface area contributed by atoms with Gasteiger partial charge in [-0.1, -0.05) is 30.4 Å². The molecule has 4 aliphatic rings. The summed E-state index contributed by atoms with van der Waals surface area (Å²) >= 11 is 8.08. The van der Waals surface area contributed by atoms with Gasteiger partial charge < -0.3 is 34.2 Å². The van der Waals surface area contributed by atoms with E-state index in [1.165, 1.54) is 5.57 Å². The van der Waals surface area contributed by atoms with E-state index in [-0.39, 0.29) is 29.3 Å². The van der Waals surface area contributed by atoms with Gasteiger partial charge in [-0.15, -0.1) is 22.9 Å². The van der Waals surface area contributed by atoms with Gasteiger partial charge in [-0.25, -0.2) is 4.79 Å². The van der Waals surface area contributed by atoms with E-state index in [1.54, 1.807) is 30.1 Å². The first kappa shape index (κ1) is 36.4. The summed E-state index contributed by atoms with van der Waals surface area (Å²) in [5.74, 6) is -1.69. The van der Waals surface area contributed by atoms with Crippen molar-refractivity contribution in [1.82, 2.24) is 15.1 Å². The van der Waals surface area contributed by atoms with Crippen molar-refractivity contribution in [3.8, 4) is 0 Å². The van der Waals surface area contributed by atoms with Crippen molar-refractivity contribution in [1.29, 1.82) is 0 Å². The lowest BCUT2D eigenvalue weighted by molar-refractivity contribution is -0.163. The minimum absolute atomic E-state index is 0.00736. The van der Waals surface area contributed by atoms with E-state index in [1.807, 2.05) is 37.8 Å². The van der Waals surface area contributed by atoms with Crippen LogP contribution < -0.4 is 10.2 Å². The molecule has 10 nitrogen and oxygen atoms in total. The number of carbonyl (C=O) groups excluding carboxylic acids is 3. The highest BCUT2D eigenvalue weighted by molar-refractivity contribution is 7.10. The number of amides is 3. The molecule has 1 aliphatic carbocycles. The smallest absolute Gasteiger partial charge is 0.410 e. The van der Waals surface area contributed by atoms with Crippen LogP contribution in [0.1, 0.15) is 75.9 Å². The van der Waals surface area contributed by atoms with Crippen LogP contribution in [0.25, 0.3) is 0 Å². The predicted molar refractivity (Wildman–Crippen MR) is 195 cm³/mol. The fraction of sp³-hybridized carbons (Fsp3) is 0.553. The number of halogens is 1. The van der Waals surface area contributed by atoms with Crippen LogP contribution in [0.3, 0.4) is 0 Å². The van der Waals surface area contributed by atoms with Crippen molar-refractivity contribution in [3.05, 3.63) is 75.5 Å². The molecule has 4 heterocycles. The first-order valence-corrected chi connectivity index (χ1v) is 18.9. The van der Waals surface area contributed by atoms with Crippen molar-refractivity contribution in [3.63, 3.8) is 0 Å². The maximum Gasteiger partial charge on any atom is 0.410 e. The van der Waals surface area contributed by atoms with E-state index in [0.29, 0.717) is 39.3 Å². The number of piperazine rings is 1. The highest BCUT2D eigenvalue weighted by Crippen LogP contribution is 2.38. The van der Waals surface area contributed by atoms with Crippen molar-refractivity contribution < 1.29 is 28.6 Å². The topological polar surface area (TPSA) is 101 Å². The van der Waals surface area contributed by atoms with Crippen LogP contribution in [0.4, 0.5) is 10.5 Å². The van der Waals surface area contributed by atoms with Gasteiger partial charge in [0.15, 0.2) is 18.0 Å². The number of nitrogens with one attached hydrogen (secondary N) is 1. The minimum Gasteiger partial charge on any atom is -0.444 e. The average molecular weight is 725 g/mol. The summed E-state index contributed by atoms with van der Waals surface area (Å²) in [4.78, 5) is 47.2. The van der Waals surface area contributed by atoms with Gasteiger partial charge in [0.05, 0.1) is 18.0 Å². The fourth-order valence-electron chi connectivity index (χ4n) is 7.01. The van der Waals surface area contributed by atoms with Gasteiger partial charge in [0.25, 0.3) is 11.8 Å². The summed E-state index contributed by atoms with van der Waals surface area (Å²) in [7, 11) is 0. The van der Waals surface area contributed by atoms with Crippen molar-refractivity contribution in [2.75, 3.05) is 37.6 Å². The molecule has 2 aromatic rings. The maximum atomic E-state index is 14.2. The summed E-state index contributed by atoms with van der Waals surface area (Å²) in [5, 5.41) is 5.10. The minimum atomic E-state index is -1.09. The zero-order chi connectivity index (χ0) is 35.6. The number of ether oxygens (including phenoxy) is 3. The van der Waals surface area contributed by atoms with Gasteiger partial charge >= 0.3 is 6.09 Å². The summed E-state index contributed by atoms with van der Waals surface area (Å²) in [5.41, 5.74) is 3.91. The Bertz CT molecular complexity index is 1620. The molecule has 3 aliphatic heterocycles. The number of allylic oxidation sites excluding steroid dienone is 4. The Morgan fingerprint density at radius 2 is 1.82 bits per heavy atom. The van der Waals surface area contributed by atoms with Crippen molar-refractivity contribution in [2.45, 2.75) is 102 Å². The third-order valence-electron chi connectivity index (χ3n) is 9.43. The normalized spacial score (nSPS) is 25.1. The number of hydrogen-bond donors (Lipinski definition) is 1. The van der Waals surface area contributed by atoms with Crippen LogP contribution in [0.5, 0.6) is 0 Å². The molecule has 1 aromatic heterocycles. The molecule has 1 unspecified atom stereocenters. The molecule has 4 atom stereocenters. The number of alkyl halides is 1. The molecule has 6 rings (SSSR count). The zero-order valence-corrected chi connectivity index (χ0v) is 31.2. The monoisotopic (exact) mass is 724 g/mol. The molecule has 0 spiro atoms. The summed E-state index contributed by atoms with van der Waals surface area (Å²) in [6.07, 6.45) is 7.06. The van der Waals surface area contributed by atoms with E-state index in [2.05, 4.69) is 52.0 Å². The molecular weight excluding hydrogens is 676 g/mol. The van der Waals surface area contributed by atoms with Crippen LogP contribution in [-0.2, 0) is 36.8 Å². The molecule has 270 valence electrons. The van der Waals surface area contributed by atoms with Gasteiger partial charge in [0.2, 0.25) is 0 Å². The van der Waals surface area contributed by atoms with Crippen molar-refractivity contribution >= 4 is 46.5 Å². The average Bonchev–Trinajstić information content (AvgIpc) is 3.82. The van der Waals surface area contributed by atoms with Crippen molar-refractivity contribution in [2.24, 2.45) is 0 Å². The van der Waals surface area contributed by atoms with Gasteiger partial charge in [-0.05, 0) is 101 Å². The SMILES string of the molecule is CC(C)(C)OC(=O)N1CCN(c2cccc([C@H]3CCCN3C(=O)[C@@H]3OC(C)(C)O[C@H]3C(=O)NCc3cc(CC4=CC=CCC4Cl)cs3)c2)CC1. The largest absolute Gasteiger partial charge is 0.444 e. The number of thiophene rings is 1. The molecule has 0 bridgehead atoms. The number of carbonyl (C=O) groups is 3. The van der Waals surface area contributed by atoms with E-state index in [0.717, 1.165) is 47.4 Å². The fourth-order valence-corrected chi connectivity index (χ4v) is 8.10. The quantitative estimate of drug-likeness (QED) is 0.317. The summed E-state index contributed by atoms with van der Waals surface area (Å²) < 4.78 is 17.7. The Labute approximate surface area is 304 Å². The lowest BCUT2D eigenvalue weighted by Gasteiger charge is -2.37. The standard InChI is InChI=1S/C38H49ClN4O6S/c1-37(2,3)49-36(46)42-18-16-41(17-19-42)28-12-8-11-27(22-28)31-14-9-15-43(31)35(45)33-32(47-38(4,5)48-33)34(44)40-23-29-21-25(24-50-29)20-26-10-6-7-13-30(26)39/h6-8,10-12,21-22,24,30-33H,9,13-20,23H2,1-5H3,(H,40,44)/t30?,31-,32-,33-/m1/s1. The Kier molecular flexibility index (Phi) is 11.0. The van der Waals surface area contributed by atoms with E-state index < -0.39 is 23.6 Å². The Morgan fingerprint density at radius 1 is 1.06 bits per heavy atom. The predicted octanol–water partition coefficient (Wildman–Crippen LogP) is 6.34. The molecule has 0 radical (unpaired) electrons. The Hall–Kier alpha value is -3.38. The number of hydrogen-bond acceptors (Lipinski definition) is 8. The second kappa shape index (κ2) is 15.1. The van der Waals surface area contributed by atoms with Crippen LogP contribution in [-0.4, -0.2) is 89.4 Å². The Morgan fingerprint density at radius 3 is 2.56 bits per heavy atom. The van der Waals surface area contributed by atoms with Gasteiger partial charge in [0, 0.05) is 43.3 Å². The molecule has 3 amide bonds. The molecule has 0 saturated carbocycles. The number of benzene rings is 1. The number of rotatable bonds is 8. The van der Waals surface area contributed by atoms with Crippen LogP contribution in [0, 0.1) is 0 Å². The highest BCUT2D eigenvalue weighted by Gasteiger charge is 2.51. The van der Waals surface area contributed by atoms with Gasteiger partial charge in [0.1, 0.15) is 5.60 Å². The van der Waals surface area contributed by atoms with Crippen LogP contribution in [0.2, 0.25) is 0 Å². The lowest BCUT2D eigenvalue weighted by Crippen LogP contribution is -2.50. The summed E-state index contributed by atoms with van der Waals surface area (Å²) in [6.45, 7) is 12.5. The first-order valence-electron chi connectivity index (χ1n) is 17.6. The third-order valence-corrected chi connectivity index (χ3v) is 10.9.